The van der Waals surface area contributed by atoms with Crippen molar-refractivity contribution in [2.45, 2.75) is 31.7 Å². The molecular formula is C14H18N2O2S. The summed E-state index contributed by atoms with van der Waals surface area (Å²) in [6, 6.07) is 4.46. The van der Waals surface area contributed by atoms with E-state index in [2.05, 4.69) is 10.3 Å². The van der Waals surface area contributed by atoms with Gasteiger partial charge in [-0.05, 0) is 18.9 Å². The van der Waals surface area contributed by atoms with Gasteiger partial charge in [0, 0.05) is 12.1 Å². The highest BCUT2D eigenvalue weighted by Gasteiger charge is 2.17. The van der Waals surface area contributed by atoms with E-state index in [1.54, 1.807) is 25.6 Å². The van der Waals surface area contributed by atoms with Gasteiger partial charge in [-0.1, -0.05) is 24.2 Å². The number of ether oxygens (including phenoxy) is 2. The molecule has 1 aromatic heterocycles. The first-order chi connectivity index (χ1) is 9.30. The Morgan fingerprint density at radius 3 is 2.68 bits per heavy atom. The zero-order chi connectivity index (χ0) is 13.2. The Morgan fingerprint density at radius 1 is 1.21 bits per heavy atom. The van der Waals surface area contributed by atoms with Gasteiger partial charge in [0.15, 0.2) is 5.13 Å². The molecule has 1 fully saturated rings. The fraction of sp³-hybridized carbons (Fsp3) is 0.500. The highest BCUT2D eigenvalue weighted by atomic mass is 32.1. The summed E-state index contributed by atoms with van der Waals surface area (Å²) in [5.41, 5.74) is 0.911. The SMILES string of the molecule is COc1cc(OC)c2nc(NC3CCCC3)sc2c1. The summed E-state index contributed by atoms with van der Waals surface area (Å²) >= 11 is 1.66. The van der Waals surface area contributed by atoms with Crippen molar-refractivity contribution in [2.75, 3.05) is 19.5 Å². The fourth-order valence-electron chi connectivity index (χ4n) is 2.55. The monoisotopic (exact) mass is 278 g/mol. The molecule has 0 aliphatic heterocycles. The Kier molecular flexibility index (Phi) is 3.46. The van der Waals surface area contributed by atoms with Crippen LogP contribution in [0.25, 0.3) is 10.2 Å². The van der Waals surface area contributed by atoms with E-state index < -0.39 is 0 Å². The number of rotatable bonds is 4. The van der Waals surface area contributed by atoms with Crippen LogP contribution in [-0.4, -0.2) is 25.2 Å². The van der Waals surface area contributed by atoms with Crippen molar-refractivity contribution < 1.29 is 9.47 Å². The van der Waals surface area contributed by atoms with Gasteiger partial charge in [-0.2, -0.15) is 0 Å². The van der Waals surface area contributed by atoms with E-state index in [1.807, 2.05) is 12.1 Å². The van der Waals surface area contributed by atoms with Crippen LogP contribution in [0.1, 0.15) is 25.7 Å². The van der Waals surface area contributed by atoms with Crippen LogP contribution in [0, 0.1) is 0 Å². The molecule has 0 unspecified atom stereocenters. The molecule has 1 aromatic carbocycles. The minimum absolute atomic E-state index is 0.577. The molecule has 0 spiro atoms. The van der Waals surface area contributed by atoms with E-state index in [4.69, 9.17) is 9.47 Å². The lowest BCUT2D eigenvalue weighted by molar-refractivity contribution is 0.397. The predicted octanol–water partition coefficient (Wildman–Crippen LogP) is 3.67. The van der Waals surface area contributed by atoms with Crippen molar-refractivity contribution in [3.05, 3.63) is 12.1 Å². The average Bonchev–Trinajstić information content (AvgIpc) is 3.06. The van der Waals surface area contributed by atoms with Gasteiger partial charge < -0.3 is 14.8 Å². The molecule has 4 nitrogen and oxygen atoms in total. The van der Waals surface area contributed by atoms with Gasteiger partial charge in [0.05, 0.1) is 18.9 Å². The number of methoxy groups -OCH3 is 2. The van der Waals surface area contributed by atoms with Gasteiger partial charge in [-0.15, -0.1) is 0 Å². The number of fused-ring (bicyclic) bond motifs is 1. The Morgan fingerprint density at radius 2 is 2.00 bits per heavy atom. The van der Waals surface area contributed by atoms with Crippen molar-refractivity contribution in [1.82, 2.24) is 4.98 Å². The van der Waals surface area contributed by atoms with Gasteiger partial charge in [-0.25, -0.2) is 4.98 Å². The topological polar surface area (TPSA) is 43.4 Å². The normalized spacial score (nSPS) is 15.9. The number of anilines is 1. The maximum Gasteiger partial charge on any atom is 0.184 e. The maximum atomic E-state index is 5.39. The van der Waals surface area contributed by atoms with E-state index in [0.717, 1.165) is 26.8 Å². The number of hydrogen-bond acceptors (Lipinski definition) is 5. The second-order valence-corrected chi connectivity index (χ2v) is 5.85. The minimum atomic E-state index is 0.577. The van der Waals surface area contributed by atoms with Gasteiger partial charge in [0.25, 0.3) is 0 Å². The largest absolute Gasteiger partial charge is 0.497 e. The van der Waals surface area contributed by atoms with Crippen LogP contribution in [0.5, 0.6) is 11.5 Å². The second kappa shape index (κ2) is 5.25. The quantitative estimate of drug-likeness (QED) is 0.926. The molecule has 1 aliphatic carbocycles. The summed E-state index contributed by atoms with van der Waals surface area (Å²) in [5, 5.41) is 4.51. The Labute approximate surface area is 116 Å². The summed E-state index contributed by atoms with van der Waals surface area (Å²) in [6.45, 7) is 0. The molecule has 5 heteroatoms. The minimum Gasteiger partial charge on any atom is -0.497 e. The van der Waals surface area contributed by atoms with E-state index >= 15 is 0 Å². The van der Waals surface area contributed by atoms with Crippen molar-refractivity contribution in [3.8, 4) is 11.5 Å². The third kappa shape index (κ3) is 2.47. The van der Waals surface area contributed by atoms with Crippen LogP contribution in [-0.2, 0) is 0 Å². The number of thiazole rings is 1. The Hall–Kier alpha value is -1.49. The summed E-state index contributed by atoms with van der Waals surface area (Å²) in [6.07, 6.45) is 5.13. The molecule has 1 N–H and O–H groups in total. The van der Waals surface area contributed by atoms with E-state index in [0.29, 0.717) is 6.04 Å². The summed E-state index contributed by atoms with van der Waals surface area (Å²) in [4.78, 5) is 4.65. The number of nitrogens with one attached hydrogen (secondary N) is 1. The van der Waals surface area contributed by atoms with Crippen LogP contribution >= 0.6 is 11.3 Å². The van der Waals surface area contributed by atoms with Crippen molar-refractivity contribution >= 4 is 26.7 Å². The van der Waals surface area contributed by atoms with Crippen LogP contribution in [0.15, 0.2) is 12.1 Å². The smallest absolute Gasteiger partial charge is 0.184 e. The zero-order valence-electron chi connectivity index (χ0n) is 11.2. The lowest BCUT2D eigenvalue weighted by atomic mass is 10.3. The molecule has 1 saturated carbocycles. The third-order valence-electron chi connectivity index (χ3n) is 3.57. The molecule has 0 bridgehead atoms. The van der Waals surface area contributed by atoms with E-state index in [9.17, 15) is 0 Å². The summed E-state index contributed by atoms with van der Waals surface area (Å²) in [5.74, 6) is 1.57. The molecule has 3 rings (SSSR count). The number of hydrogen-bond donors (Lipinski definition) is 1. The first-order valence-electron chi connectivity index (χ1n) is 6.59. The fourth-order valence-corrected chi connectivity index (χ4v) is 3.54. The van der Waals surface area contributed by atoms with Gasteiger partial charge in [0.1, 0.15) is 17.0 Å². The molecule has 0 atom stereocenters. The van der Waals surface area contributed by atoms with Crippen molar-refractivity contribution in [3.63, 3.8) is 0 Å². The predicted molar refractivity (Wildman–Crippen MR) is 78.6 cm³/mol. The highest BCUT2D eigenvalue weighted by molar-refractivity contribution is 7.22. The van der Waals surface area contributed by atoms with Crippen molar-refractivity contribution in [2.24, 2.45) is 0 Å². The zero-order valence-corrected chi connectivity index (χ0v) is 12.0. The molecule has 102 valence electrons. The molecule has 0 amide bonds. The van der Waals surface area contributed by atoms with Gasteiger partial charge in [0.2, 0.25) is 0 Å². The average molecular weight is 278 g/mol. The summed E-state index contributed by atoms with van der Waals surface area (Å²) in [7, 11) is 3.33. The first kappa shape index (κ1) is 12.5. The lowest BCUT2D eigenvalue weighted by Gasteiger charge is -2.09. The van der Waals surface area contributed by atoms with Gasteiger partial charge in [-0.3, -0.25) is 0 Å². The van der Waals surface area contributed by atoms with E-state index in [-0.39, 0.29) is 0 Å². The van der Waals surface area contributed by atoms with Crippen LogP contribution in [0.4, 0.5) is 5.13 Å². The standard InChI is InChI=1S/C14H18N2O2S/c1-17-10-7-11(18-2)13-12(8-10)19-14(16-13)15-9-5-3-4-6-9/h7-9H,3-6H2,1-2H3,(H,15,16). The molecule has 1 heterocycles. The summed E-state index contributed by atoms with van der Waals surface area (Å²) < 4.78 is 11.8. The maximum absolute atomic E-state index is 5.39. The lowest BCUT2D eigenvalue weighted by Crippen LogP contribution is -2.13. The second-order valence-electron chi connectivity index (χ2n) is 4.82. The van der Waals surface area contributed by atoms with Crippen molar-refractivity contribution in [1.29, 1.82) is 0 Å². The Balaban J connectivity index is 1.94. The number of aromatic nitrogens is 1. The molecule has 1 aliphatic rings. The first-order valence-corrected chi connectivity index (χ1v) is 7.41. The molecule has 0 radical (unpaired) electrons. The van der Waals surface area contributed by atoms with Gasteiger partial charge >= 0.3 is 0 Å². The molecule has 19 heavy (non-hydrogen) atoms. The van der Waals surface area contributed by atoms with Crippen LogP contribution < -0.4 is 14.8 Å². The van der Waals surface area contributed by atoms with E-state index in [1.165, 1.54) is 25.7 Å². The molecule has 0 saturated heterocycles. The molecular weight excluding hydrogens is 260 g/mol. The van der Waals surface area contributed by atoms with Crippen LogP contribution in [0.2, 0.25) is 0 Å². The Bertz CT molecular complexity index is 576. The molecule has 2 aromatic rings. The highest BCUT2D eigenvalue weighted by Crippen LogP contribution is 2.37. The number of benzene rings is 1. The third-order valence-corrected chi connectivity index (χ3v) is 4.51. The van der Waals surface area contributed by atoms with Crippen LogP contribution in [0.3, 0.4) is 0 Å². The number of nitrogens with zero attached hydrogens (tertiary/aromatic N) is 1.